The van der Waals surface area contributed by atoms with Crippen LogP contribution in [0, 0.1) is 11.3 Å². The normalized spacial score (nSPS) is 49.2. The number of hydrogen-bond acceptors (Lipinski definition) is 5. The molecule has 6 atom stereocenters. The molecule has 194 valence electrons. The van der Waals surface area contributed by atoms with Crippen molar-refractivity contribution in [2.45, 2.75) is 124 Å². The van der Waals surface area contributed by atoms with Gasteiger partial charge in [-0.3, -0.25) is 10.1 Å². The number of hydrogen-bond donors (Lipinski definition) is 3. The summed E-state index contributed by atoms with van der Waals surface area (Å²) in [6, 6.07) is 0. The van der Waals surface area contributed by atoms with Crippen molar-refractivity contribution in [3.63, 3.8) is 0 Å². The molecule has 34 heavy (non-hydrogen) atoms. The van der Waals surface area contributed by atoms with E-state index in [2.05, 4.69) is 10.6 Å². The van der Waals surface area contributed by atoms with Crippen molar-refractivity contribution in [1.29, 1.82) is 0 Å². The topological polar surface area (TPSA) is 79.8 Å². The number of aliphatic hydroxyl groups excluding tert-OH is 1. The average Bonchev–Trinajstić information content (AvgIpc) is 3.32. The van der Waals surface area contributed by atoms with Gasteiger partial charge >= 0.3 is 0 Å². The van der Waals surface area contributed by atoms with Crippen LogP contribution < -0.4 is 10.6 Å². The van der Waals surface area contributed by atoms with Gasteiger partial charge < -0.3 is 19.9 Å². The van der Waals surface area contributed by atoms with Crippen LogP contribution in [0.15, 0.2) is 0 Å². The van der Waals surface area contributed by atoms with E-state index in [1.165, 1.54) is 0 Å². The van der Waals surface area contributed by atoms with Crippen molar-refractivity contribution in [3.05, 3.63) is 0 Å². The van der Waals surface area contributed by atoms with Crippen molar-refractivity contribution in [1.82, 2.24) is 10.6 Å². The van der Waals surface area contributed by atoms with Crippen LogP contribution in [0.5, 0.6) is 0 Å². The number of carbonyl (C=O) groups is 1. The Bertz CT molecular complexity index is 730. The molecule has 1 amide bonds. The fraction of sp³-hybridized carbons (Fsp3) is 0.960. The lowest BCUT2D eigenvalue weighted by Gasteiger charge is -2.58. The molecule has 1 aliphatic heterocycles. The highest BCUT2D eigenvalue weighted by Crippen LogP contribution is 2.55. The Labute approximate surface area is 212 Å². The Morgan fingerprint density at radius 2 is 1.85 bits per heavy atom. The molecule has 3 N–H and O–H groups in total. The molecule has 6 rings (SSSR count). The first-order chi connectivity index (χ1) is 16.3. The van der Waals surface area contributed by atoms with Crippen molar-refractivity contribution in [2.24, 2.45) is 11.3 Å². The van der Waals surface area contributed by atoms with Crippen LogP contribution in [0.3, 0.4) is 0 Å². The zero-order valence-corrected chi connectivity index (χ0v) is 21.3. The number of nitrogens with one attached hydrogen (secondary N) is 2. The molecule has 5 saturated carbocycles. The molecule has 0 spiro atoms. The molecule has 9 heteroatoms. The van der Waals surface area contributed by atoms with E-state index in [0.29, 0.717) is 30.6 Å². The number of fused-ring (bicyclic) bond motifs is 3. The van der Waals surface area contributed by atoms with Crippen LogP contribution in [-0.2, 0) is 14.3 Å². The second-order valence-corrected chi connectivity index (χ2v) is 12.7. The summed E-state index contributed by atoms with van der Waals surface area (Å²) in [5, 5.41) is 17.8. The molecule has 1 saturated heterocycles. The second kappa shape index (κ2) is 10.3. The maximum absolute atomic E-state index is 13.8. The molecule has 0 aromatic carbocycles. The summed E-state index contributed by atoms with van der Waals surface area (Å²) < 4.78 is 26.1. The highest BCUT2D eigenvalue weighted by molar-refractivity contribution is 6.21. The molecule has 0 aromatic heterocycles. The molecule has 6 fully saturated rings. The van der Waals surface area contributed by atoms with E-state index >= 15 is 0 Å². The van der Waals surface area contributed by atoms with Gasteiger partial charge in [-0.1, -0.05) is 0 Å². The summed E-state index contributed by atoms with van der Waals surface area (Å²) in [7, 11) is 0. The van der Waals surface area contributed by atoms with Gasteiger partial charge in [-0.2, -0.15) is 0 Å². The highest BCUT2D eigenvalue weighted by Gasteiger charge is 2.59. The predicted molar refractivity (Wildman–Crippen MR) is 129 cm³/mol. The SMILES string of the molecule is O=C(COC1CCC(Cl)C(F)C1)NC12CCC(C3NCC(C4CCC(Cl)CC4)O3)(CC1)[C@H](O)C2. The minimum atomic E-state index is -1.08. The Hall–Kier alpha value is -0.180. The fourth-order valence-corrected chi connectivity index (χ4v) is 7.68. The Morgan fingerprint density at radius 3 is 2.53 bits per heavy atom. The third-order valence-electron chi connectivity index (χ3n) is 9.45. The van der Waals surface area contributed by atoms with Gasteiger partial charge in [0.1, 0.15) is 19.0 Å². The number of rotatable bonds is 6. The van der Waals surface area contributed by atoms with Crippen LogP contribution in [0.25, 0.3) is 0 Å². The quantitative estimate of drug-likeness (QED) is 0.464. The summed E-state index contributed by atoms with van der Waals surface area (Å²) >= 11 is 12.2. The average molecular weight is 522 g/mol. The van der Waals surface area contributed by atoms with E-state index in [1.54, 1.807) is 0 Å². The van der Waals surface area contributed by atoms with Crippen LogP contribution in [0.4, 0.5) is 4.39 Å². The predicted octanol–water partition coefficient (Wildman–Crippen LogP) is 3.79. The van der Waals surface area contributed by atoms with Crippen LogP contribution >= 0.6 is 23.2 Å². The van der Waals surface area contributed by atoms with Crippen LogP contribution in [-0.4, -0.2) is 71.2 Å². The first kappa shape index (κ1) is 25.5. The highest BCUT2D eigenvalue weighted by atomic mass is 35.5. The number of carbonyl (C=O) groups excluding carboxylic acids is 1. The van der Waals surface area contributed by atoms with Crippen molar-refractivity contribution < 1.29 is 23.8 Å². The summed E-state index contributed by atoms with van der Waals surface area (Å²) in [5.41, 5.74) is -0.688. The molecule has 2 bridgehead atoms. The van der Waals surface area contributed by atoms with E-state index in [-0.39, 0.29) is 42.8 Å². The third-order valence-corrected chi connectivity index (χ3v) is 10.4. The number of halogens is 3. The number of amides is 1. The van der Waals surface area contributed by atoms with E-state index < -0.39 is 23.2 Å². The lowest BCUT2D eigenvalue weighted by atomic mass is 9.55. The van der Waals surface area contributed by atoms with Gasteiger partial charge in [-0.15, -0.1) is 23.2 Å². The zero-order valence-electron chi connectivity index (χ0n) is 19.8. The molecule has 5 unspecified atom stereocenters. The molecule has 6 nitrogen and oxygen atoms in total. The molecule has 0 aromatic rings. The second-order valence-electron chi connectivity index (χ2n) is 11.5. The lowest BCUT2D eigenvalue weighted by Crippen LogP contribution is -2.66. The smallest absolute Gasteiger partial charge is 0.246 e. The first-order valence-electron chi connectivity index (χ1n) is 13.2. The Balaban J connectivity index is 1.11. The summed E-state index contributed by atoms with van der Waals surface area (Å²) in [6.45, 7) is 0.758. The van der Waals surface area contributed by atoms with Gasteiger partial charge in [0.25, 0.3) is 0 Å². The lowest BCUT2D eigenvalue weighted by molar-refractivity contribution is -0.177. The first-order valence-corrected chi connectivity index (χ1v) is 14.1. The monoisotopic (exact) mass is 520 g/mol. The summed E-state index contributed by atoms with van der Waals surface area (Å²) in [5.74, 6) is 0.356. The summed E-state index contributed by atoms with van der Waals surface area (Å²) in [4.78, 5) is 12.7. The number of ether oxygens (including phenoxy) is 2. The fourth-order valence-electron chi connectivity index (χ4n) is 7.20. The van der Waals surface area contributed by atoms with Crippen molar-refractivity contribution in [3.8, 4) is 0 Å². The maximum atomic E-state index is 13.8. The number of alkyl halides is 3. The minimum absolute atomic E-state index is 0.0765. The van der Waals surface area contributed by atoms with E-state index in [9.17, 15) is 14.3 Å². The van der Waals surface area contributed by atoms with E-state index in [1.807, 2.05) is 0 Å². The van der Waals surface area contributed by atoms with Gasteiger partial charge in [-0.25, -0.2) is 4.39 Å². The van der Waals surface area contributed by atoms with Crippen molar-refractivity contribution in [2.75, 3.05) is 13.2 Å². The van der Waals surface area contributed by atoms with E-state index in [4.69, 9.17) is 32.7 Å². The Morgan fingerprint density at radius 1 is 1.12 bits per heavy atom. The van der Waals surface area contributed by atoms with Gasteiger partial charge in [-0.05, 0) is 76.5 Å². The van der Waals surface area contributed by atoms with Gasteiger partial charge in [0.05, 0.1) is 23.7 Å². The largest absolute Gasteiger partial charge is 0.392 e. The molecular weight excluding hydrogens is 482 g/mol. The zero-order chi connectivity index (χ0) is 23.9. The third kappa shape index (κ3) is 5.12. The van der Waals surface area contributed by atoms with Gasteiger partial charge in [0, 0.05) is 29.3 Å². The minimum Gasteiger partial charge on any atom is -0.392 e. The van der Waals surface area contributed by atoms with E-state index in [0.717, 1.165) is 57.9 Å². The standard InChI is InChI=1S/C25H39Cl2FN2O4/c26-16-3-1-15(2-4-16)20-13-29-23(34-20)25-9-7-24(8-10-25,12-21(25)31)30-22(32)14-33-17-5-6-18(27)19(28)11-17/h15-21,23,29,31H,1-14H2,(H,30,32)/t15?,16?,17?,18?,19?,20?,21-,23?,24?,25?/m1/s1. The van der Waals surface area contributed by atoms with Gasteiger partial charge in [0.2, 0.25) is 5.91 Å². The number of aliphatic hydroxyl groups is 1. The Kier molecular flexibility index (Phi) is 7.71. The molecular formula is C25H39Cl2FN2O4. The van der Waals surface area contributed by atoms with Crippen molar-refractivity contribution >= 4 is 29.1 Å². The van der Waals surface area contributed by atoms with Crippen LogP contribution in [0.1, 0.15) is 77.0 Å². The summed E-state index contributed by atoms with van der Waals surface area (Å²) in [6.07, 6.45) is 7.82. The maximum Gasteiger partial charge on any atom is 0.246 e. The van der Waals surface area contributed by atoms with Gasteiger partial charge in [0.15, 0.2) is 0 Å². The van der Waals surface area contributed by atoms with Crippen LogP contribution in [0.2, 0.25) is 0 Å². The molecule has 6 aliphatic rings. The molecule has 1 heterocycles. The molecule has 0 radical (unpaired) electrons. The molecule has 5 aliphatic carbocycles.